The number of anilines is 3. The Morgan fingerprint density at radius 3 is 2.24 bits per heavy atom. The summed E-state index contributed by atoms with van der Waals surface area (Å²) in [6.07, 6.45) is 0. The number of nitrogens with zero attached hydrogens (tertiary/aromatic N) is 2. The van der Waals surface area contributed by atoms with Crippen LogP contribution in [0.4, 0.5) is 17.5 Å². The molecule has 0 atom stereocenters. The molecule has 136 valence electrons. The molecule has 25 heavy (non-hydrogen) atoms. The highest BCUT2D eigenvalue weighted by Gasteiger charge is 2.15. The van der Waals surface area contributed by atoms with Gasteiger partial charge in [0.25, 0.3) is 0 Å². The molecule has 0 spiro atoms. The summed E-state index contributed by atoms with van der Waals surface area (Å²) in [7, 11) is 1.69. The Hall–Kier alpha value is -2.14. The van der Waals surface area contributed by atoms with E-state index in [2.05, 4.69) is 66.5 Å². The van der Waals surface area contributed by atoms with E-state index in [0.717, 1.165) is 17.2 Å². The number of benzene rings is 1. The average molecular weight is 342 g/mol. The molecule has 5 nitrogen and oxygen atoms in total. The van der Waals surface area contributed by atoms with Crippen molar-refractivity contribution in [2.24, 2.45) is 0 Å². The van der Waals surface area contributed by atoms with E-state index in [-0.39, 0.29) is 0 Å². The van der Waals surface area contributed by atoms with Crippen LogP contribution in [0.2, 0.25) is 0 Å². The van der Waals surface area contributed by atoms with Crippen LogP contribution in [-0.4, -0.2) is 30.2 Å². The van der Waals surface area contributed by atoms with E-state index in [4.69, 9.17) is 4.74 Å². The predicted molar refractivity (Wildman–Crippen MR) is 105 cm³/mol. The second-order valence-electron chi connectivity index (χ2n) is 6.88. The van der Waals surface area contributed by atoms with Crippen molar-refractivity contribution in [3.63, 3.8) is 0 Å². The minimum atomic E-state index is 0.422. The highest BCUT2D eigenvalue weighted by molar-refractivity contribution is 5.66. The van der Waals surface area contributed by atoms with Gasteiger partial charge in [0.2, 0.25) is 5.95 Å². The quantitative estimate of drug-likeness (QED) is 0.673. The molecule has 1 aromatic heterocycles. The number of rotatable bonds is 8. The van der Waals surface area contributed by atoms with E-state index in [9.17, 15) is 0 Å². The van der Waals surface area contributed by atoms with Crippen molar-refractivity contribution < 1.29 is 4.74 Å². The van der Waals surface area contributed by atoms with Crippen LogP contribution < -0.4 is 10.6 Å². The Labute approximate surface area is 151 Å². The SMILES string of the molecule is COCCNc1cc(C)nc(Nc2c(C(C)C)cccc2C(C)C)n1. The molecule has 0 aliphatic rings. The standard InChI is InChI=1S/C20H30N4O/c1-13(2)16-8-7-9-17(14(3)4)19(16)24-20-22-15(5)12-18(23-20)21-10-11-25-6/h7-9,12-14H,10-11H2,1-6H3,(H2,21,22,23,24). The van der Waals surface area contributed by atoms with Gasteiger partial charge in [-0.15, -0.1) is 0 Å². The molecule has 1 aromatic carbocycles. The van der Waals surface area contributed by atoms with Gasteiger partial charge < -0.3 is 15.4 Å². The van der Waals surface area contributed by atoms with Gasteiger partial charge in [-0.1, -0.05) is 45.9 Å². The third kappa shape index (κ3) is 5.16. The largest absolute Gasteiger partial charge is 0.383 e. The fourth-order valence-corrected chi connectivity index (χ4v) is 2.80. The van der Waals surface area contributed by atoms with E-state index in [1.165, 1.54) is 11.1 Å². The van der Waals surface area contributed by atoms with Crippen LogP contribution in [0, 0.1) is 6.92 Å². The number of aryl methyl sites for hydroxylation is 1. The van der Waals surface area contributed by atoms with Gasteiger partial charge in [0.05, 0.1) is 6.61 Å². The lowest BCUT2D eigenvalue weighted by molar-refractivity contribution is 0.210. The number of para-hydroxylation sites is 1. The van der Waals surface area contributed by atoms with Crippen molar-refractivity contribution in [1.82, 2.24) is 9.97 Å². The molecule has 0 fully saturated rings. The first-order valence-electron chi connectivity index (χ1n) is 8.90. The van der Waals surface area contributed by atoms with Crippen molar-refractivity contribution in [1.29, 1.82) is 0 Å². The fourth-order valence-electron chi connectivity index (χ4n) is 2.80. The van der Waals surface area contributed by atoms with Gasteiger partial charge in [0, 0.05) is 31.1 Å². The molecule has 2 aromatic rings. The maximum atomic E-state index is 5.08. The summed E-state index contributed by atoms with van der Waals surface area (Å²) < 4.78 is 5.08. The lowest BCUT2D eigenvalue weighted by Crippen LogP contribution is -2.11. The normalized spacial score (nSPS) is 11.2. The molecule has 0 aliphatic heterocycles. The molecule has 5 heteroatoms. The van der Waals surface area contributed by atoms with Crippen molar-refractivity contribution in [2.45, 2.75) is 46.5 Å². The number of aromatic nitrogens is 2. The van der Waals surface area contributed by atoms with Crippen LogP contribution >= 0.6 is 0 Å². The molecule has 0 amide bonds. The summed E-state index contributed by atoms with van der Waals surface area (Å²) in [6, 6.07) is 8.42. The van der Waals surface area contributed by atoms with Crippen LogP contribution in [0.1, 0.15) is 56.4 Å². The Kier molecular flexibility index (Phi) is 6.76. The minimum Gasteiger partial charge on any atom is -0.383 e. The average Bonchev–Trinajstić information content (AvgIpc) is 2.54. The zero-order chi connectivity index (χ0) is 18.4. The monoisotopic (exact) mass is 342 g/mol. The number of hydrogen-bond donors (Lipinski definition) is 2. The number of nitrogens with one attached hydrogen (secondary N) is 2. The lowest BCUT2D eigenvalue weighted by atomic mass is 9.93. The predicted octanol–water partition coefficient (Wildman–Crippen LogP) is 4.83. The first kappa shape index (κ1) is 19.2. The van der Waals surface area contributed by atoms with Gasteiger partial charge in [-0.3, -0.25) is 0 Å². The molecule has 0 bridgehead atoms. The smallest absolute Gasteiger partial charge is 0.229 e. The molecule has 2 N–H and O–H groups in total. The Morgan fingerprint density at radius 1 is 1.04 bits per heavy atom. The third-order valence-corrected chi connectivity index (χ3v) is 4.08. The molecular formula is C20H30N4O. The van der Waals surface area contributed by atoms with Crippen molar-refractivity contribution >= 4 is 17.5 Å². The lowest BCUT2D eigenvalue weighted by Gasteiger charge is -2.20. The van der Waals surface area contributed by atoms with E-state index < -0.39 is 0 Å². The van der Waals surface area contributed by atoms with E-state index in [1.54, 1.807) is 7.11 Å². The first-order chi connectivity index (χ1) is 11.9. The number of hydrogen-bond acceptors (Lipinski definition) is 5. The molecule has 0 unspecified atom stereocenters. The summed E-state index contributed by atoms with van der Waals surface area (Å²) >= 11 is 0. The third-order valence-electron chi connectivity index (χ3n) is 4.08. The van der Waals surface area contributed by atoms with Gasteiger partial charge in [-0.25, -0.2) is 4.98 Å². The zero-order valence-electron chi connectivity index (χ0n) is 16.2. The summed E-state index contributed by atoms with van der Waals surface area (Å²) in [6.45, 7) is 12.2. The van der Waals surface area contributed by atoms with Crippen LogP contribution in [0.3, 0.4) is 0 Å². The molecule has 1 heterocycles. The van der Waals surface area contributed by atoms with Crippen LogP contribution in [-0.2, 0) is 4.74 Å². The summed E-state index contributed by atoms with van der Waals surface area (Å²) in [5.74, 6) is 2.27. The van der Waals surface area contributed by atoms with Crippen molar-refractivity contribution in [3.05, 3.63) is 41.1 Å². The molecular weight excluding hydrogens is 312 g/mol. The van der Waals surface area contributed by atoms with E-state index in [1.807, 2.05) is 13.0 Å². The van der Waals surface area contributed by atoms with Crippen molar-refractivity contribution in [3.8, 4) is 0 Å². The minimum absolute atomic E-state index is 0.422. The van der Waals surface area contributed by atoms with Gasteiger partial charge >= 0.3 is 0 Å². The van der Waals surface area contributed by atoms with Gasteiger partial charge in [0.1, 0.15) is 5.82 Å². The van der Waals surface area contributed by atoms with Crippen LogP contribution in [0.25, 0.3) is 0 Å². The van der Waals surface area contributed by atoms with Crippen molar-refractivity contribution in [2.75, 3.05) is 30.9 Å². The van der Waals surface area contributed by atoms with Gasteiger partial charge in [0.15, 0.2) is 0 Å². The Bertz CT molecular complexity index is 672. The van der Waals surface area contributed by atoms with E-state index >= 15 is 0 Å². The molecule has 0 saturated heterocycles. The summed E-state index contributed by atoms with van der Waals surface area (Å²) in [5, 5.41) is 6.75. The Morgan fingerprint density at radius 2 is 1.68 bits per heavy atom. The number of methoxy groups -OCH3 is 1. The summed E-state index contributed by atoms with van der Waals surface area (Å²) in [5.41, 5.74) is 4.61. The topological polar surface area (TPSA) is 59.1 Å². The maximum Gasteiger partial charge on any atom is 0.229 e. The molecule has 0 aliphatic carbocycles. The second-order valence-corrected chi connectivity index (χ2v) is 6.88. The highest BCUT2D eigenvalue weighted by Crippen LogP contribution is 2.34. The fraction of sp³-hybridized carbons (Fsp3) is 0.500. The zero-order valence-corrected chi connectivity index (χ0v) is 16.2. The second kappa shape index (κ2) is 8.81. The molecule has 0 radical (unpaired) electrons. The van der Waals surface area contributed by atoms with Gasteiger partial charge in [-0.05, 0) is 29.9 Å². The molecule has 0 saturated carbocycles. The number of ether oxygens (including phenoxy) is 1. The van der Waals surface area contributed by atoms with Crippen LogP contribution in [0.5, 0.6) is 0 Å². The maximum absolute atomic E-state index is 5.08. The molecule has 2 rings (SSSR count). The first-order valence-corrected chi connectivity index (χ1v) is 8.90. The van der Waals surface area contributed by atoms with Crippen LogP contribution in [0.15, 0.2) is 24.3 Å². The Balaban J connectivity index is 2.35. The highest BCUT2D eigenvalue weighted by atomic mass is 16.5. The van der Waals surface area contributed by atoms with Gasteiger partial charge in [-0.2, -0.15) is 4.98 Å². The summed E-state index contributed by atoms with van der Waals surface area (Å²) in [4.78, 5) is 9.18. The van der Waals surface area contributed by atoms with E-state index in [0.29, 0.717) is 30.9 Å².